The predicted molar refractivity (Wildman–Crippen MR) is 97.9 cm³/mol. The first-order valence-electron chi connectivity index (χ1n) is 7.09. The Morgan fingerprint density at radius 2 is 1.87 bits per heavy atom. The highest BCUT2D eigenvalue weighted by Gasteiger charge is 2.08. The maximum Gasteiger partial charge on any atom is 0.255 e. The second kappa shape index (κ2) is 6.49. The van der Waals surface area contributed by atoms with E-state index < -0.39 is 0 Å². The van der Waals surface area contributed by atoms with Crippen molar-refractivity contribution in [3.8, 4) is 5.82 Å². The maximum absolute atomic E-state index is 12.2. The van der Waals surface area contributed by atoms with Gasteiger partial charge in [-0.15, -0.1) is 0 Å². The van der Waals surface area contributed by atoms with E-state index in [1.807, 2.05) is 44.2 Å². The number of benzene rings is 1. The summed E-state index contributed by atoms with van der Waals surface area (Å²) in [6.07, 6.45) is 1.64. The molecule has 0 saturated heterocycles. The average Bonchev–Trinajstić information content (AvgIpc) is 2.87. The van der Waals surface area contributed by atoms with E-state index in [1.165, 1.54) is 0 Å². The third-order valence-electron chi connectivity index (χ3n) is 3.34. The number of nitrogens with zero attached hydrogens (tertiary/aromatic N) is 3. The number of carbonyl (C=O) groups is 1. The zero-order valence-corrected chi connectivity index (χ0v) is 14.9. The molecule has 0 unspecified atom stereocenters. The van der Waals surface area contributed by atoms with Crippen molar-refractivity contribution in [3.05, 3.63) is 69.2 Å². The van der Waals surface area contributed by atoms with E-state index in [-0.39, 0.29) is 5.91 Å². The maximum atomic E-state index is 12.2. The number of nitrogens with one attached hydrogen (secondary N) is 1. The molecule has 6 heteroatoms. The topological polar surface area (TPSA) is 59.8 Å². The Morgan fingerprint density at radius 1 is 1.13 bits per heavy atom. The Balaban J connectivity index is 1.76. The number of aryl methyl sites for hydroxylation is 2. The van der Waals surface area contributed by atoms with Gasteiger partial charge in [0.1, 0.15) is 0 Å². The first-order chi connectivity index (χ1) is 11.0. The zero-order chi connectivity index (χ0) is 16.4. The highest BCUT2D eigenvalue weighted by Crippen LogP contribution is 2.14. The number of carbonyl (C=O) groups excluding carboxylic acids is 1. The van der Waals surface area contributed by atoms with Gasteiger partial charge >= 0.3 is 0 Å². The molecule has 5 nitrogen and oxygen atoms in total. The van der Waals surface area contributed by atoms with Gasteiger partial charge in [0, 0.05) is 14.8 Å². The lowest BCUT2D eigenvalue weighted by atomic mass is 10.2. The quantitative estimate of drug-likeness (QED) is 0.660. The fourth-order valence-electron chi connectivity index (χ4n) is 2.25. The van der Waals surface area contributed by atoms with Crippen LogP contribution >= 0.6 is 22.6 Å². The smallest absolute Gasteiger partial charge is 0.255 e. The molecule has 1 amide bonds. The molecule has 3 rings (SSSR count). The second-order valence-corrected chi connectivity index (χ2v) is 6.45. The number of pyridine rings is 1. The molecule has 2 aromatic heterocycles. The van der Waals surface area contributed by atoms with Crippen LogP contribution in [-0.4, -0.2) is 20.7 Å². The SMILES string of the molecule is Cc1cc(C)n(-c2ccc(NC(=O)c3ccc(I)cc3)cn2)n1. The molecule has 0 spiro atoms. The molecule has 1 aromatic carbocycles. The lowest BCUT2D eigenvalue weighted by molar-refractivity contribution is 0.102. The van der Waals surface area contributed by atoms with Gasteiger partial charge in [0.25, 0.3) is 5.91 Å². The molecular weight excluding hydrogens is 403 g/mol. The Labute approximate surface area is 147 Å². The molecule has 1 N–H and O–H groups in total. The van der Waals surface area contributed by atoms with E-state index in [0.29, 0.717) is 11.3 Å². The van der Waals surface area contributed by atoms with Gasteiger partial charge in [-0.25, -0.2) is 9.67 Å². The van der Waals surface area contributed by atoms with Crippen LogP contribution in [0.15, 0.2) is 48.7 Å². The molecule has 3 aromatic rings. The number of aromatic nitrogens is 3. The van der Waals surface area contributed by atoms with Crippen LogP contribution in [0.5, 0.6) is 0 Å². The van der Waals surface area contributed by atoms with Gasteiger partial charge in [-0.05, 0) is 78.9 Å². The average molecular weight is 418 g/mol. The Bertz CT molecular complexity index is 838. The summed E-state index contributed by atoms with van der Waals surface area (Å²) in [6, 6.07) is 13.1. The van der Waals surface area contributed by atoms with Gasteiger partial charge < -0.3 is 5.32 Å². The van der Waals surface area contributed by atoms with Crippen LogP contribution in [0.4, 0.5) is 5.69 Å². The van der Waals surface area contributed by atoms with Gasteiger partial charge in [-0.2, -0.15) is 5.10 Å². The van der Waals surface area contributed by atoms with Crippen LogP contribution in [0.3, 0.4) is 0 Å². The molecule has 2 heterocycles. The number of anilines is 1. The third-order valence-corrected chi connectivity index (χ3v) is 4.06. The predicted octanol–water partition coefficient (Wildman–Crippen LogP) is 3.74. The Kier molecular flexibility index (Phi) is 4.42. The molecule has 0 bridgehead atoms. The highest BCUT2D eigenvalue weighted by molar-refractivity contribution is 14.1. The molecule has 116 valence electrons. The summed E-state index contributed by atoms with van der Waals surface area (Å²) < 4.78 is 2.87. The van der Waals surface area contributed by atoms with Crippen molar-refractivity contribution in [2.75, 3.05) is 5.32 Å². The fraction of sp³-hybridized carbons (Fsp3) is 0.118. The third kappa shape index (κ3) is 3.58. The first kappa shape index (κ1) is 15.7. The summed E-state index contributed by atoms with van der Waals surface area (Å²) in [5.41, 5.74) is 3.23. The summed E-state index contributed by atoms with van der Waals surface area (Å²) in [5, 5.41) is 7.24. The van der Waals surface area contributed by atoms with E-state index in [2.05, 4.69) is 38.0 Å². The van der Waals surface area contributed by atoms with Crippen molar-refractivity contribution in [2.45, 2.75) is 13.8 Å². The van der Waals surface area contributed by atoms with E-state index >= 15 is 0 Å². The lowest BCUT2D eigenvalue weighted by Gasteiger charge is -2.07. The number of hydrogen-bond donors (Lipinski definition) is 1. The van der Waals surface area contributed by atoms with Crippen LogP contribution in [0.2, 0.25) is 0 Å². The minimum Gasteiger partial charge on any atom is -0.321 e. The minimum absolute atomic E-state index is 0.151. The van der Waals surface area contributed by atoms with Crippen LogP contribution < -0.4 is 5.32 Å². The summed E-state index contributed by atoms with van der Waals surface area (Å²) in [6.45, 7) is 3.92. The van der Waals surface area contributed by atoms with Crippen molar-refractivity contribution < 1.29 is 4.79 Å². The van der Waals surface area contributed by atoms with Gasteiger partial charge in [-0.1, -0.05) is 0 Å². The van der Waals surface area contributed by atoms with Crippen LogP contribution in [0.1, 0.15) is 21.7 Å². The molecular formula is C17H15IN4O. The summed E-state index contributed by atoms with van der Waals surface area (Å²) in [7, 11) is 0. The molecule has 0 atom stereocenters. The fourth-order valence-corrected chi connectivity index (χ4v) is 2.61. The number of hydrogen-bond acceptors (Lipinski definition) is 3. The normalized spacial score (nSPS) is 10.6. The van der Waals surface area contributed by atoms with Gasteiger partial charge in [0.15, 0.2) is 5.82 Å². The second-order valence-electron chi connectivity index (χ2n) is 5.20. The van der Waals surface area contributed by atoms with Crippen molar-refractivity contribution in [3.63, 3.8) is 0 Å². The standard InChI is InChI=1S/C17H15IN4O/c1-11-9-12(2)22(21-11)16-8-7-15(10-19-16)20-17(23)13-3-5-14(18)6-4-13/h3-10H,1-2H3,(H,20,23). The largest absolute Gasteiger partial charge is 0.321 e. The zero-order valence-electron chi connectivity index (χ0n) is 12.7. The summed E-state index contributed by atoms with van der Waals surface area (Å²) in [5.74, 6) is 0.574. The molecule has 0 fully saturated rings. The van der Waals surface area contributed by atoms with E-state index in [4.69, 9.17) is 0 Å². The van der Waals surface area contributed by atoms with Crippen LogP contribution in [-0.2, 0) is 0 Å². The lowest BCUT2D eigenvalue weighted by Crippen LogP contribution is -2.12. The molecule has 0 saturated carbocycles. The monoisotopic (exact) mass is 418 g/mol. The summed E-state index contributed by atoms with van der Waals surface area (Å²) in [4.78, 5) is 16.5. The Hall–Kier alpha value is -2.22. The minimum atomic E-state index is -0.151. The Morgan fingerprint density at radius 3 is 2.43 bits per heavy atom. The van der Waals surface area contributed by atoms with Crippen molar-refractivity contribution >= 4 is 34.2 Å². The summed E-state index contributed by atoms with van der Waals surface area (Å²) >= 11 is 2.21. The van der Waals surface area contributed by atoms with Crippen molar-refractivity contribution in [2.24, 2.45) is 0 Å². The van der Waals surface area contributed by atoms with E-state index in [9.17, 15) is 4.79 Å². The number of rotatable bonds is 3. The molecule has 0 radical (unpaired) electrons. The van der Waals surface area contributed by atoms with Crippen molar-refractivity contribution in [1.29, 1.82) is 0 Å². The van der Waals surface area contributed by atoms with E-state index in [1.54, 1.807) is 23.0 Å². The van der Waals surface area contributed by atoms with Crippen molar-refractivity contribution in [1.82, 2.24) is 14.8 Å². The molecule has 0 aliphatic rings. The van der Waals surface area contributed by atoms with Gasteiger partial charge in [-0.3, -0.25) is 4.79 Å². The van der Waals surface area contributed by atoms with Crippen LogP contribution in [0, 0.1) is 17.4 Å². The van der Waals surface area contributed by atoms with Crippen LogP contribution in [0.25, 0.3) is 5.82 Å². The molecule has 23 heavy (non-hydrogen) atoms. The highest BCUT2D eigenvalue weighted by atomic mass is 127. The number of amides is 1. The van der Waals surface area contributed by atoms with Gasteiger partial charge in [0.05, 0.1) is 17.6 Å². The molecule has 0 aliphatic heterocycles. The molecule has 0 aliphatic carbocycles. The number of halogens is 1. The van der Waals surface area contributed by atoms with Gasteiger partial charge in [0.2, 0.25) is 0 Å². The first-order valence-corrected chi connectivity index (χ1v) is 8.17. The van der Waals surface area contributed by atoms with E-state index in [0.717, 1.165) is 20.8 Å².